The number of benzene rings is 2. The second kappa shape index (κ2) is 11.2. The van der Waals surface area contributed by atoms with Gasteiger partial charge in [-0.15, -0.1) is 11.3 Å². The number of hydrogen-bond acceptors (Lipinski definition) is 6. The highest BCUT2D eigenvalue weighted by Gasteiger charge is 2.30. The van der Waals surface area contributed by atoms with Crippen LogP contribution in [0.15, 0.2) is 58.3 Å². The highest BCUT2D eigenvalue weighted by molar-refractivity contribution is 7.92. The van der Waals surface area contributed by atoms with Crippen LogP contribution < -0.4 is 14.8 Å². The standard InChI is InChI=1S/C25H26ClF2N3O3S2/c1-15(2)30-22-5-3-4-18(16-6-8-17(27)9-7-16)19(22)12-34-23-11-21(28)24(10-20(23)26)36(32,33)31-25-13-35-14-29-25/h4,6-11,13-15,19,22,30-31H,3,5,12H2,1-2H3. The second-order valence-electron chi connectivity index (χ2n) is 8.78. The summed E-state index contributed by atoms with van der Waals surface area (Å²) in [6.07, 6.45) is 3.84. The number of nitrogens with zero attached hydrogens (tertiary/aromatic N) is 1. The van der Waals surface area contributed by atoms with Crippen LogP contribution >= 0.6 is 22.9 Å². The van der Waals surface area contributed by atoms with Crippen molar-refractivity contribution in [3.63, 3.8) is 0 Å². The fraction of sp³-hybridized carbons (Fsp3) is 0.320. The van der Waals surface area contributed by atoms with Gasteiger partial charge in [-0.2, -0.15) is 0 Å². The van der Waals surface area contributed by atoms with Crippen LogP contribution in [0.4, 0.5) is 14.6 Å². The molecule has 1 heterocycles. The molecule has 2 unspecified atom stereocenters. The number of ether oxygens (including phenoxy) is 1. The van der Waals surface area contributed by atoms with Gasteiger partial charge in [-0.1, -0.05) is 43.7 Å². The molecule has 6 nitrogen and oxygen atoms in total. The highest BCUT2D eigenvalue weighted by Crippen LogP contribution is 2.36. The van der Waals surface area contributed by atoms with Gasteiger partial charge in [0, 0.05) is 29.4 Å². The molecule has 2 aromatic carbocycles. The normalized spacial score (nSPS) is 18.2. The van der Waals surface area contributed by atoms with Gasteiger partial charge >= 0.3 is 0 Å². The van der Waals surface area contributed by atoms with Gasteiger partial charge in [-0.25, -0.2) is 22.2 Å². The lowest BCUT2D eigenvalue weighted by molar-refractivity contribution is 0.229. The van der Waals surface area contributed by atoms with Crippen LogP contribution in [-0.4, -0.2) is 32.1 Å². The van der Waals surface area contributed by atoms with E-state index in [0.29, 0.717) is 0 Å². The Bertz CT molecular complexity index is 1330. The predicted octanol–water partition coefficient (Wildman–Crippen LogP) is 6.11. The molecule has 0 bridgehead atoms. The summed E-state index contributed by atoms with van der Waals surface area (Å²) in [6.45, 7) is 4.27. The molecule has 0 spiro atoms. The van der Waals surface area contributed by atoms with Crippen LogP contribution in [0.3, 0.4) is 0 Å². The SMILES string of the molecule is CC(C)NC1CCC=C(c2ccc(F)cc2)C1COc1cc(F)c(S(=O)(=O)Nc2cscn2)cc1Cl. The lowest BCUT2D eigenvalue weighted by atomic mass is 9.80. The minimum atomic E-state index is -4.23. The Kier molecular flexibility index (Phi) is 8.29. The van der Waals surface area contributed by atoms with Crippen molar-refractivity contribution in [1.82, 2.24) is 10.3 Å². The van der Waals surface area contributed by atoms with Crippen LogP contribution in [-0.2, 0) is 10.0 Å². The number of rotatable bonds is 9. The quantitative estimate of drug-likeness (QED) is 0.334. The minimum Gasteiger partial charge on any atom is -0.491 e. The van der Waals surface area contributed by atoms with Crippen molar-refractivity contribution in [3.8, 4) is 5.75 Å². The predicted molar refractivity (Wildman–Crippen MR) is 139 cm³/mol. The van der Waals surface area contributed by atoms with E-state index >= 15 is 0 Å². The smallest absolute Gasteiger partial charge is 0.266 e. The number of aromatic nitrogens is 1. The van der Waals surface area contributed by atoms with E-state index < -0.39 is 20.7 Å². The highest BCUT2D eigenvalue weighted by atomic mass is 35.5. The molecule has 0 amide bonds. The van der Waals surface area contributed by atoms with Crippen molar-refractivity contribution in [3.05, 3.63) is 75.6 Å². The summed E-state index contributed by atoms with van der Waals surface area (Å²) in [5.74, 6) is -1.31. The summed E-state index contributed by atoms with van der Waals surface area (Å²) in [6, 6.07) is 8.59. The van der Waals surface area contributed by atoms with Crippen LogP contribution in [0.25, 0.3) is 5.57 Å². The maximum Gasteiger partial charge on any atom is 0.266 e. The topological polar surface area (TPSA) is 80.3 Å². The zero-order chi connectivity index (χ0) is 25.9. The molecule has 192 valence electrons. The Morgan fingerprint density at radius 2 is 1.97 bits per heavy atom. The molecule has 11 heteroatoms. The molecule has 2 atom stereocenters. The number of thiazole rings is 1. The summed E-state index contributed by atoms with van der Waals surface area (Å²) in [4.78, 5) is 3.26. The van der Waals surface area contributed by atoms with Gasteiger partial charge < -0.3 is 10.1 Å². The first kappa shape index (κ1) is 26.5. The Hall–Kier alpha value is -2.53. The Labute approximate surface area is 218 Å². The molecule has 0 saturated heterocycles. The molecule has 36 heavy (non-hydrogen) atoms. The first-order chi connectivity index (χ1) is 17.1. The van der Waals surface area contributed by atoms with Crippen LogP contribution in [0.1, 0.15) is 32.3 Å². The first-order valence-corrected chi connectivity index (χ1v) is 14.2. The van der Waals surface area contributed by atoms with E-state index in [0.717, 1.165) is 36.1 Å². The lowest BCUT2D eigenvalue weighted by Gasteiger charge is -2.35. The van der Waals surface area contributed by atoms with E-state index in [4.69, 9.17) is 16.3 Å². The maximum atomic E-state index is 14.9. The van der Waals surface area contributed by atoms with E-state index in [2.05, 4.69) is 34.9 Å². The molecule has 1 aromatic heterocycles. The molecular weight excluding hydrogens is 528 g/mol. The summed E-state index contributed by atoms with van der Waals surface area (Å²) >= 11 is 7.53. The summed E-state index contributed by atoms with van der Waals surface area (Å²) in [5.41, 5.74) is 3.34. The Balaban J connectivity index is 1.57. The molecule has 2 N–H and O–H groups in total. The number of halogens is 3. The van der Waals surface area contributed by atoms with E-state index in [1.54, 1.807) is 12.1 Å². The third-order valence-corrected chi connectivity index (χ3v) is 8.07. The number of hydrogen-bond donors (Lipinski definition) is 2. The Morgan fingerprint density at radius 1 is 1.22 bits per heavy atom. The van der Waals surface area contributed by atoms with Crippen LogP contribution in [0, 0.1) is 17.6 Å². The average Bonchev–Trinajstić information content (AvgIpc) is 3.32. The molecular formula is C25H26ClF2N3O3S2. The van der Waals surface area contributed by atoms with Gasteiger partial charge in [-0.05, 0) is 42.2 Å². The van der Waals surface area contributed by atoms with Crippen molar-refractivity contribution in [2.75, 3.05) is 11.3 Å². The van der Waals surface area contributed by atoms with E-state index in [1.165, 1.54) is 34.4 Å². The number of nitrogens with one attached hydrogen (secondary N) is 2. The number of allylic oxidation sites excluding steroid dienone is 1. The van der Waals surface area contributed by atoms with Gasteiger partial charge in [0.15, 0.2) is 5.82 Å². The lowest BCUT2D eigenvalue weighted by Crippen LogP contribution is -2.44. The van der Waals surface area contributed by atoms with Crippen LogP contribution in [0.5, 0.6) is 5.75 Å². The van der Waals surface area contributed by atoms with E-state index in [1.807, 2.05) is 0 Å². The molecule has 0 radical (unpaired) electrons. The molecule has 1 aliphatic rings. The number of sulfonamides is 1. The summed E-state index contributed by atoms with van der Waals surface area (Å²) < 4.78 is 61.9. The fourth-order valence-corrected chi connectivity index (χ4v) is 6.18. The van der Waals surface area contributed by atoms with E-state index in [-0.39, 0.29) is 47.0 Å². The number of anilines is 1. The first-order valence-electron chi connectivity index (χ1n) is 11.4. The van der Waals surface area contributed by atoms with Gasteiger partial charge in [0.25, 0.3) is 10.0 Å². The second-order valence-corrected chi connectivity index (χ2v) is 11.6. The van der Waals surface area contributed by atoms with Crippen molar-refractivity contribution < 1.29 is 21.9 Å². The Morgan fingerprint density at radius 3 is 2.64 bits per heavy atom. The third kappa shape index (κ3) is 6.23. The molecule has 1 aliphatic carbocycles. The summed E-state index contributed by atoms with van der Waals surface area (Å²) in [7, 11) is -4.23. The van der Waals surface area contributed by atoms with Gasteiger partial charge in [-0.3, -0.25) is 4.72 Å². The van der Waals surface area contributed by atoms with Gasteiger partial charge in [0.05, 0.1) is 17.1 Å². The molecule has 0 saturated carbocycles. The largest absolute Gasteiger partial charge is 0.491 e. The van der Waals surface area contributed by atoms with Gasteiger partial charge in [0.1, 0.15) is 22.3 Å². The van der Waals surface area contributed by atoms with Crippen molar-refractivity contribution in [1.29, 1.82) is 0 Å². The van der Waals surface area contributed by atoms with Crippen molar-refractivity contribution in [2.24, 2.45) is 5.92 Å². The van der Waals surface area contributed by atoms with Gasteiger partial charge in [0.2, 0.25) is 0 Å². The molecule has 0 aliphatic heterocycles. The maximum absolute atomic E-state index is 14.9. The monoisotopic (exact) mass is 553 g/mol. The minimum absolute atomic E-state index is 0.0356. The average molecular weight is 554 g/mol. The van der Waals surface area contributed by atoms with Crippen LogP contribution in [0.2, 0.25) is 5.02 Å². The van der Waals surface area contributed by atoms with Crippen molar-refractivity contribution in [2.45, 2.75) is 43.7 Å². The zero-order valence-corrected chi connectivity index (χ0v) is 22.1. The third-order valence-electron chi connectivity index (χ3n) is 5.82. The molecule has 3 aromatic rings. The molecule has 0 fully saturated rings. The summed E-state index contributed by atoms with van der Waals surface area (Å²) in [5, 5.41) is 5.02. The zero-order valence-electron chi connectivity index (χ0n) is 19.7. The molecule has 4 rings (SSSR count). The van der Waals surface area contributed by atoms with E-state index in [9.17, 15) is 17.2 Å². The van der Waals surface area contributed by atoms with Crippen molar-refractivity contribution >= 4 is 44.4 Å². The fourth-order valence-electron chi connectivity index (χ4n) is 4.26.